The number of hydrogen-bond acceptors (Lipinski definition) is 4. The molecule has 194 valence electrons. The molecule has 0 spiro atoms. The summed E-state index contributed by atoms with van der Waals surface area (Å²) in [5.74, 6) is -1.31. The van der Waals surface area contributed by atoms with Gasteiger partial charge in [0, 0.05) is 5.54 Å². The highest BCUT2D eigenvalue weighted by molar-refractivity contribution is 6.34. The maximum Gasteiger partial charge on any atom is 0.266 e. The monoisotopic (exact) mass is 508 g/mol. The van der Waals surface area contributed by atoms with Crippen LogP contribution in [0, 0.1) is 0 Å². The Kier molecular flexibility index (Phi) is 5.90. The van der Waals surface area contributed by atoms with E-state index in [1.807, 2.05) is 32.9 Å². The predicted octanol–water partition coefficient (Wildman–Crippen LogP) is 6.63. The standard InChI is InChI=1S/C32H32N2O4/c1-7-32(6,8-2)34-29(37)24-16-10-20(18-26(24)30(34)38)19-9-15-23-25(17-19)28(36)33(27(23)35)22-13-11-21(12-14-22)31(3,4)5/h9-18H,7-8H2,1-6H3. The smallest absolute Gasteiger partial charge is 0.266 e. The van der Waals surface area contributed by atoms with Crippen LogP contribution in [0.5, 0.6) is 0 Å². The molecule has 6 heteroatoms. The number of fused-ring (bicyclic) bond motifs is 2. The van der Waals surface area contributed by atoms with Crippen LogP contribution >= 0.6 is 0 Å². The molecular weight excluding hydrogens is 476 g/mol. The number of anilines is 1. The SMILES string of the molecule is CCC(C)(CC)N1C(=O)c2ccc(-c3ccc4c(c3)C(=O)N(c3ccc(C(C)(C)C)cc3)C4=O)cc2C1=O. The zero-order chi connectivity index (χ0) is 27.6. The number of rotatable bonds is 5. The summed E-state index contributed by atoms with van der Waals surface area (Å²) in [6.45, 7) is 12.2. The molecule has 0 saturated carbocycles. The first-order valence-electron chi connectivity index (χ1n) is 13.1. The van der Waals surface area contributed by atoms with Gasteiger partial charge in [-0.1, -0.05) is 58.9 Å². The van der Waals surface area contributed by atoms with E-state index in [0.717, 1.165) is 5.56 Å². The van der Waals surface area contributed by atoms with Crippen LogP contribution in [0.3, 0.4) is 0 Å². The third-order valence-electron chi connectivity index (χ3n) is 8.16. The number of carbonyl (C=O) groups is 4. The second kappa shape index (κ2) is 8.76. The molecule has 0 unspecified atom stereocenters. The van der Waals surface area contributed by atoms with Gasteiger partial charge < -0.3 is 0 Å². The Morgan fingerprint density at radius 1 is 0.579 bits per heavy atom. The maximum atomic E-state index is 13.4. The zero-order valence-corrected chi connectivity index (χ0v) is 22.7. The van der Waals surface area contributed by atoms with Crippen LogP contribution in [-0.4, -0.2) is 34.1 Å². The lowest BCUT2D eigenvalue weighted by atomic mass is 9.87. The summed E-state index contributed by atoms with van der Waals surface area (Å²) in [6.07, 6.45) is 1.33. The summed E-state index contributed by atoms with van der Waals surface area (Å²) in [7, 11) is 0. The first kappa shape index (κ1) is 25.6. The molecule has 2 aliphatic rings. The van der Waals surface area contributed by atoms with E-state index >= 15 is 0 Å². The second-order valence-electron chi connectivity index (χ2n) is 11.4. The Hall–Kier alpha value is -4.06. The molecule has 0 N–H and O–H groups in total. The molecule has 0 saturated heterocycles. The van der Waals surface area contributed by atoms with Crippen molar-refractivity contribution in [3.63, 3.8) is 0 Å². The maximum absolute atomic E-state index is 13.4. The van der Waals surface area contributed by atoms with Crippen molar-refractivity contribution in [1.82, 2.24) is 4.90 Å². The topological polar surface area (TPSA) is 74.8 Å². The molecule has 0 aromatic heterocycles. The fourth-order valence-corrected chi connectivity index (χ4v) is 5.24. The molecule has 0 fully saturated rings. The first-order valence-corrected chi connectivity index (χ1v) is 13.1. The molecule has 0 aliphatic carbocycles. The average molecular weight is 509 g/mol. The van der Waals surface area contributed by atoms with Crippen molar-refractivity contribution in [3.05, 3.63) is 88.5 Å². The lowest BCUT2D eigenvalue weighted by Gasteiger charge is -2.35. The summed E-state index contributed by atoms with van der Waals surface area (Å²) < 4.78 is 0. The van der Waals surface area contributed by atoms with E-state index < -0.39 is 5.54 Å². The number of benzene rings is 3. The minimum atomic E-state index is -0.553. The molecular formula is C32H32N2O4. The van der Waals surface area contributed by atoms with Crippen LogP contribution < -0.4 is 4.90 Å². The fraction of sp³-hybridized carbons (Fsp3) is 0.312. The minimum Gasteiger partial charge on any atom is -0.269 e. The summed E-state index contributed by atoms with van der Waals surface area (Å²) >= 11 is 0. The van der Waals surface area contributed by atoms with Crippen molar-refractivity contribution in [2.24, 2.45) is 0 Å². The van der Waals surface area contributed by atoms with E-state index in [2.05, 4.69) is 20.8 Å². The van der Waals surface area contributed by atoms with Crippen LogP contribution in [0.2, 0.25) is 0 Å². The van der Waals surface area contributed by atoms with Crippen LogP contribution in [0.4, 0.5) is 5.69 Å². The van der Waals surface area contributed by atoms with Gasteiger partial charge in [0.15, 0.2) is 0 Å². The van der Waals surface area contributed by atoms with Gasteiger partial charge in [-0.2, -0.15) is 0 Å². The van der Waals surface area contributed by atoms with Crippen molar-refractivity contribution in [1.29, 1.82) is 0 Å². The van der Waals surface area contributed by atoms with Gasteiger partial charge in [-0.25, -0.2) is 4.90 Å². The van der Waals surface area contributed by atoms with Crippen molar-refractivity contribution in [2.75, 3.05) is 4.90 Å². The Balaban J connectivity index is 1.48. The Bertz CT molecular complexity index is 1510. The van der Waals surface area contributed by atoms with Gasteiger partial charge in [-0.05, 0) is 78.3 Å². The van der Waals surface area contributed by atoms with Crippen LogP contribution in [0.1, 0.15) is 101 Å². The molecule has 0 atom stereocenters. The zero-order valence-electron chi connectivity index (χ0n) is 22.7. The third kappa shape index (κ3) is 3.78. The van der Waals surface area contributed by atoms with Crippen molar-refractivity contribution >= 4 is 29.3 Å². The summed E-state index contributed by atoms with van der Waals surface area (Å²) in [5, 5.41) is 0. The Morgan fingerprint density at radius 2 is 1.03 bits per heavy atom. The molecule has 3 aromatic rings. The second-order valence-corrected chi connectivity index (χ2v) is 11.4. The van der Waals surface area contributed by atoms with E-state index in [1.54, 1.807) is 48.5 Å². The molecule has 3 aromatic carbocycles. The quantitative estimate of drug-likeness (QED) is 0.363. The van der Waals surface area contributed by atoms with Crippen LogP contribution in [0.25, 0.3) is 11.1 Å². The van der Waals surface area contributed by atoms with Gasteiger partial charge in [-0.3, -0.25) is 24.1 Å². The molecule has 6 nitrogen and oxygen atoms in total. The Morgan fingerprint density at radius 3 is 1.53 bits per heavy atom. The van der Waals surface area contributed by atoms with Gasteiger partial charge in [0.2, 0.25) is 0 Å². The normalized spacial score (nSPS) is 15.4. The largest absolute Gasteiger partial charge is 0.269 e. The molecule has 5 rings (SSSR count). The van der Waals surface area contributed by atoms with Gasteiger partial charge in [0.1, 0.15) is 0 Å². The number of imide groups is 2. The number of carbonyl (C=O) groups excluding carboxylic acids is 4. The van der Waals surface area contributed by atoms with Gasteiger partial charge >= 0.3 is 0 Å². The summed E-state index contributed by atoms with van der Waals surface area (Å²) in [4.78, 5) is 55.6. The molecule has 2 aliphatic heterocycles. The highest BCUT2D eigenvalue weighted by Gasteiger charge is 2.45. The van der Waals surface area contributed by atoms with Crippen molar-refractivity contribution in [2.45, 2.75) is 65.3 Å². The van der Waals surface area contributed by atoms with E-state index in [-0.39, 0.29) is 29.0 Å². The fourth-order valence-electron chi connectivity index (χ4n) is 5.24. The number of hydrogen-bond donors (Lipinski definition) is 0. The lowest BCUT2D eigenvalue weighted by molar-refractivity contribution is 0.0434. The van der Waals surface area contributed by atoms with E-state index in [9.17, 15) is 19.2 Å². The molecule has 0 radical (unpaired) electrons. The molecule has 0 bridgehead atoms. The van der Waals surface area contributed by atoms with E-state index in [0.29, 0.717) is 51.9 Å². The predicted molar refractivity (Wildman–Crippen MR) is 148 cm³/mol. The average Bonchev–Trinajstić information content (AvgIpc) is 3.31. The van der Waals surface area contributed by atoms with Crippen LogP contribution in [-0.2, 0) is 5.41 Å². The van der Waals surface area contributed by atoms with Gasteiger partial charge in [0.25, 0.3) is 23.6 Å². The molecule has 2 heterocycles. The third-order valence-corrected chi connectivity index (χ3v) is 8.16. The minimum absolute atomic E-state index is 0.0417. The van der Waals surface area contributed by atoms with Gasteiger partial charge in [-0.15, -0.1) is 0 Å². The van der Waals surface area contributed by atoms with Crippen molar-refractivity contribution in [3.8, 4) is 11.1 Å². The van der Waals surface area contributed by atoms with Gasteiger partial charge in [0.05, 0.1) is 27.9 Å². The first-order chi connectivity index (χ1) is 17.9. The summed E-state index contributed by atoms with van der Waals surface area (Å²) in [6, 6.07) is 17.8. The number of amides is 4. The highest BCUT2D eigenvalue weighted by atomic mass is 16.2. The van der Waals surface area contributed by atoms with E-state index in [4.69, 9.17) is 0 Å². The van der Waals surface area contributed by atoms with Crippen molar-refractivity contribution < 1.29 is 19.2 Å². The van der Waals surface area contributed by atoms with Crippen LogP contribution in [0.15, 0.2) is 60.7 Å². The number of nitrogens with zero attached hydrogens (tertiary/aromatic N) is 2. The van der Waals surface area contributed by atoms with E-state index in [1.165, 1.54) is 9.80 Å². The Labute approximate surface area is 223 Å². The molecule has 38 heavy (non-hydrogen) atoms. The summed E-state index contributed by atoms with van der Waals surface area (Å²) in [5.41, 5.74) is 3.88. The lowest BCUT2D eigenvalue weighted by Crippen LogP contribution is -2.48. The highest BCUT2D eigenvalue weighted by Crippen LogP contribution is 2.37. The molecule has 4 amide bonds.